The molecule has 0 aliphatic heterocycles. The number of aromatic nitrogens is 6. The third kappa shape index (κ3) is 44.4. The molecule has 8 radical (unpaired) electrons. The normalized spacial score (nSPS) is 8.53. The van der Waals surface area contributed by atoms with E-state index in [1.807, 2.05) is 0 Å². The Hall–Kier alpha value is 2.84. The molecule has 0 saturated carbocycles. The molecule has 59 heavy (non-hydrogen) atoms. The van der Waals surface area contributed by atoms with Crippen molar-refractivity contribution in [1.82, 2.24) is 35.2 Å². The summed E-state index contributed by atoms with van der Waals surface area (Å²) >= 11 is 16.0. The van der Waals surface area contributed by atoms with E-state index >= 15 is 0 Å². The minimum atomic E-state index is -1.53. The molecule has 26 nitrogen and oxygen atoms in total. The summed E-state index contributed by atoms with van der Waals surface area (Å²) in [5, 5.41) is 72.4. The largest absolute Gasteiger partial charge is 0.480 e. The van der Waals surface area contributed by atoms with Gasteiger partial charge in [-0.1, -0.05) is 0 Å². The number of hydrogen-bond donors (Lipinski definition) is 9. The van der Waals surface area contributed by atoms with E-state index in [0.29, 0.717) is 14.7 Å². The van der Waals surface area contributed by atoms with Crippen LogP contribution in [0.3, 0.4) is 0 Å². The van der Waals surface area contributed by atoms with Crippen LogP contribution in [-0.2, 0) is 300 Å². The Kier molecular flexibility index (Phi) is 63.9. The van der Waals surface area contributed by atoms with Crippen molar-refractivity contribution in [2.45, 2.75) is 0 Å². The Morgan fingerprint density at radius 2 is 0.525 bits per heavy atom. The van der Waals surface area contributed by atoms with E-state index in [2.05, 4.69) is 35.2 Å². The summed E-state index contributed by atoms with van der Waals surface area (Å²) in [5.41, 5.74) is 0. The molecule has 0 aliphatic carbocycles. The van der Waals surface area contributed by atoms with E-state index in [4.69, 9.17) is 75.7 Å². The first-order chi connectivity index (χ1) is 23.6. The van der Waals surface area contributed by atoms with Crippen molar-refractivity contribution < 1.29 is 341 Å². The summed E-state index contributed by atoms with van der Waals surface area (Å²) in [6.45, 7) is -6.51. The van der Waals surface area contributed by atoms with Crippen molar-refractivity contribution >= 4 is 100 Å². The number of halogens is 3. The molecule has 0 aromatic carbocycles. The van der Waals surface area contributed by atoms with Gasteiger partial charge >= 0.3 is 47.8 Å². The van der Waals surface area contributed by atoms with Gasteiger partial charge in [-0.25, -0.2) is 0 Å². The van der Waals surface area contributed by atoms with Crippen LogP contribution in [-0.4, -0.2) is 171 Å². The molecular formula is C22H25Cl3N10O16Y8. The van der Waals surface area contributed by atoms with Crippen molar-refractivity contribution in [3.8, 4) is 0 Å². The molecule has 0 spiro atoms. The van der Waals surface area contributed by atoms with Crippen molar-refractivity contribution in [1.29, 1.82) is 0 Å². The number of anilines is 3. The first kappa shape index (κ1) is 82.0. The molecule has 2 aromatic rings. The van der Waals surface area contributed by atoms with Crippen LogP contribution in [0.1, 0.15) is 0 Å². The smallest absolute Gasteiger partial charge is 0.323 e. The molecule has 0 amide bonds. The van der Waals surface area contributed by atoms with Crippen LogP contribution in [0.2, 0.25) is 15.9 Å². The molecule has 0 aliphatic rings. The van der Waals surface area contributed by atoms with E-state index in [0.717, 1.165) is 0 Å². The summed E-state index contributed by atoms with van der Waals surface area (Å²) in [6.07, 6.45) is 0. The second-order valence-corrected chi connectivity index (χ2v) is 9.71. The van der Waals surface area contributed by atoms with Gasteiger partial charge in [0.15, 0.2) is 0 Å². The van der Waals surface area contributed by atoms with Gasteiger partial charge in [-0.15, -0.1) is 0 Å². The molecule has 0 fully saturated rings. The van der Waals surface area contributed by atoms with Crippen molar-refractivity contribution in [2.75, 3.05) is 67.1 Å². The number of carbonyl (C=O) groups is 8. The maximum absolute atomic E-state index is 11.1. The molecule has 0 atom stereocenters. The molecule has 304 valence electrons. The first-order valence-corrected chi connectivity index (χ1v) is 13.9. The molecule has 0 unspecified atom stereocenters. The van der Waals surface area contributed by atoms with Gasteiger partial charge in [-0.05, 0) is 34.8 Å². The number of rotatable bonds is 19. The number of hydrogen-bond acceptors (Lipinski definition) is 18. The van der Waals surface area contributed by atoms with Crippen LogP contribution in [0, 0.1) is 0 Å². The van der Waals surface area contributed by atoms with Crippen LogP contribution >= 0.6 is 34.8 Å². The third-order valence-electron chi connectivity index (χ3n) is 4.51. The average molecular weight is 1500 g/mol. The summed E-state index contributed by atoms with van der Waals surface area (Å²) in [6, 6.07) is 0. The average Bonchev–Trinajstić information content (AvgIpc) is 2.94. The SMILES string of the molecule is Clc1nc(Cl)nc(Cl)n1.O=C(O)CN(CC(=O)O)c1nc(N(CC(=O)O)CC(=O)O)nc(N(CC(=O)O)CC(=O)O)n1.O=C(O)CNCC(=O)O.[Y].[Y].[Y].[Y].[Y].[Y].[Y].[Y]. The standard InChI is InChI=1S/C15H18N6O12.C4H7NO4.C3Cl3N3.8Y/c22-7(23)1-19(2-8(24)25)13-16-14(20(3-9(26)27)4-10(28)29)18-15(17-13)21(5-11(30)31)6-12(32)33;6-3(7)1-5-2-4(8)9;4-1-7-2(5)9-3(6)8-1;;;;;;;;/h1-6H2,(H,22,23)(H,24,25)(H,26,27)(H,28,29)(H,30,31)(H,32,33);5H,1-2H2,(H,6,7)(H,8,9);;;;;;;;;. The predicted molar refractivity (Wildman–Crippen MR) is 165 cm³/mol. The van der Waals surface area contributed by atoms with Crippen molar-refractivity contribution in [3.63, 3.8) is 0 Å². The maximum Gasteiger partial charge on any atom is 0.323 e. The number of aliphatic carboxylic acids is 8. The Morgan fingerprint density at radius 3 is 0.661 bits per heavy atom. The fraction of sp³-hybridized carbons (Fsp3) is 0.364. The molecule has 0 saturated heterocycles. The van der Waals surface area contributed by atoms with Crippen LogP contribution < -0.4 is 20.0 Å². The van der Waals surface area contributed by atoms with E-state index in [1.54, 1.807) is 0 Å². The zero-order valence-electron chi connectivity index (χ0n) is 29.8. The zero-order valence-corrected chi connectivity index (χ0v) is 54.8. The minimum absolute atomic E-state index is 0. The van der Waals surface area contributed by atoms with Crippen molar-refractivity contribution in [2.24, 2.45) is 0 Å². The summed E-state index contributed by atoms with van der Waals surface area (Å²) < 4.78 is 0. The van der Waals surface area contributed by atoms with Gasteiger partial charge in [0.05, 0.1) is 13.1 Å². The van der Waals surface area contributed by atoms with Crippen LogP contribution in [0.4, 0.5) is 17.8 Å². The van der Waals surface area contributed by atoms with E-state index < -0.39 is 105 Å². The number of nitrogens with zero attached hydrogens (tertiary/aromatic N) is 9. The molecule has 2 heterocycles. The Morgan fingerprint density at radius 1 is 0.356 bits per heavy atom. The van der Waals surface area contributed by atoms with Crippen LogP contribution in [0.15, 0.2) is 0 Å². The molecule has 2 aromatic heterocycles. The summed E-state index contributed by atoms with van der Waals surface area (Å²) in [7, 11) is 0. The Bertz CT molecular complexity index is 1390. The Labute approximate surface area is 548 Å². The van der Waals surface area contributed by atoms with Gasteiger partial charge in [-0.2, -0.15) is 29.9 Å². The second-order valence-electron chi connectivity index (χ2n) is 8.70. The van der Waals surface area contributed by atoms with Gasteiger partial charge < -0.3 is 55.6 Å². The van der Waals surface area contributed by atoms with E-state index in [-0.39, 0.29) is 291 Å². The fourth-order valence-electron chi connectivity index (χ4n) is 2.92. The number of nitrogens with one attached hydrogen (secondary N) is 1. The van der Waals surface area contributed by atoms with E-state index in [9.17, 15) is 38.4 Å². The monoisotopic (exact) mass is 1500 g/mol. The second kappa shape index (κ2) is 46.0. The molecule has 2 rings (SSSR count). The molecule has 37 heteroatoms. The molecular weight excluding hydrogens is 1480 g/mol. The predicted octanol–water partition coefficient (Wildman–Crippen LogP) is -2.64. The quantitative estimate of drug-likeness (QED) is 0.0694. The van der Waals surface area contributed by atoms with Crippen LogP contribution in [0.25, 0.3) is 0 Å². The topological polar surface area (TPSA) is 397 Å². The van der Waals surface area contributed by atoms with Gasteiger partial charge in [-0.3, -0.25) is 43.7 Å². The van der Waals surface area contributed by atoms with Crippen molar-refractivity contribution in [3.05, 3.63) is 15.9 Å². The maximum atomic E-state index is 11.1. The van der Waals surface area contributed by atoms with Crippen LogP contribution in [0.5, 0.6) is 0 Å². The third-order valence-corrected chi connectivity index (χ3v) is 5.02. The van der Waals surface area contributed by atoms with Gasteiger partial charge in [0.2, 0.25) is 33.7 Å². The molecule has 0 bridgehead atoms. The fourth-order valence-corrected chi connectivity index (χ4v) is 3.53. The van der Waals surface area contributed by atoms with Gasteiger partial charge in [0.1, 0.15) is 39.3 Å². The first-order valence-electron chi connectivity index (χ1n) is 12.8. The Balaban J connectivity index is -0.000000115. The van der Waals surface area contributed by atoms with Gasteiger partial charge in [0.25, 0.3) is 0 Å². The summed E-state index contributed by atoms with van der Waals surface area (Å²) in [4.78, 5) is 110. The van der Waals surface area contributed by atoms with E-state index in [1.165, 1.54) is 0 Å². The number of carboxylic acid groups (broad SMARTS) is 8. The minimum Gasteiger partial charge on any atom is -0.480 e. The molecule has 9 N–H and O–H groups in total. The zero-order chi connectivity index (χ0) is 39.4. The number of carboxylic acids is 8. The summed E-state index contributed by atoms with van der Waals surface area (Å²) in [5.74, 6) is -13.4. The van der Waals surface area contributed by atoms with Gasteiger partial charge in [0, 0.05) is 262 Å².